The predicted octanol–water partition coefficient (Wildman–Crippen LogP) is 2.64. The first-order valence-electron chi connectivity index (χ1n) is 7.04. The number of thiophene rings is 1. The summed E-state index contributed by atoms with van der Waals surface area (Å²) < 4.78 is 0. The summed E-state index contributed by atoms with van der Waals surface area (Å²) in [6.45, 7) is 0. The molecule has 1 N–H and O–H groups in total. The lowest BCUT2D eigenvalue weighted by Gasteiger charge is -2.17. The van der Waals surface area contributed by atoms with Gasteiger partial charge in [-0.2, -0.15) is 11.3 Å². The first-order chi connectivity index (χ1) is 10.7. The third kappa shape index (κ3) is 4.63. The van der Waals surface area contributed by atoms with Gasteiger partial charge in [-0.3, -0.25) is 9.59 Å². The molecule has 0 fully saturated rings. The van der Waals surface area contributed by atoms with Crippen LogP contribution in [0.3, 0.4) is 0 Å². The summed E-state index contributed by atoms with van der Waals surface area (Å²) in [6.07, 6.45) is 1.49. The Labute approximate surface area is 133 Å². The van der Waals surface area contributed by atoms with Crippen molar-refractivity contribution in [1.29, 1.82) is 0 Å². The molecular formula is C17H17NO3S. The van der Waals surface area contributed by atoms with Gasteiger partial charge < -0.3 is 10.1 Å². The second-order valence-corrected chi connectivity index (χ2v) is 5.68. The third-order valence-corrected chi connectivity index (χ3v) is 3.99. The highest BCUT2D eigenvalue weighted by atomic mass is 32.1. The van der Waals surface area contributed by atoms with Crippen LogP contribution in [0, 0.1) is 0 Å². The van der Waals surface area contributed by atoms with Crippen LogP contribution in [0.25, 0.3) is 0 Å². The molecule has 2 rings (SSSR count). The van der Waals surface area contributed by atoms with Crippen LogP contribution in [0.1, 0.15) is 28.8 Å². The lowest BCUT2D eigenvalue weighted by molar-refractivity contribution is -0.122. The fourth-order valence-corrected chi connectivity index (χ4v) is 2.78. The maximum Gasteiger partial charge on any atom is 0.251 e. The summed E-state index contributed by atoms with van der Waals surface area (Å²) in [6, 6.07) is 10.1. The molecule has 22 heavy (non-hydrogen) atoms. The van der Waals surface area contributed by atoms with E-state index in [9.17, 15) is 14.4 Å². The van der Waals surface area contributed by atoms with E-state index >= 15 is 0 Å². The van der Waals surface area contributed by atoms with Crippen LogP contribution in [-0.4, -0.2) is 24.0 Å². The molecule has 4 nitrogen and oxygen atoms in total. The van der Waals surface area contributed by atoms with Crippen LogP contribution in [0.2, 0.25) is 0 Å². The number of Topliss-reactive ketones (excluding diaryl/α,β-unsaturated/α-hetero) is 1. The molecule has 1 aromatic carbocycles. The molecule has 114 valence electrons. The Kier molecular flexibility index (Phi) is 6.03. The van der Waals surface area contributed by atoms with Gasteiger partial charge in [-0.05, 0) is 34.5 Å². The number of benzene rings is 1. The van der Waals surface area contributed by atoms with Crippen molar-refractivity contribution in [2.45, 2.75) is 25.3 Å². The quantitative estimate of drug-likeness (QED) is 0.762. The van der Waals surface area contributed by atoms with E-state index in [1.165, 1.54) is 0 Å². The molecule has 0 radical (unpaired) electrons. The molecular weight excluding hydrogens is 298 g/mol. The van der Waals surface area contributed by atoms with Gasteiger partial charge in [0.1, 0.15) is 6.29 Å². The number of carbonyl (C=O) groups excluding carboxylic acids is 3. The van der Waals surface area contributed by atoms with E-state index in [1.54, 1.807) is 35.6 Å². The Balaban J connectivity index is 2.07. The number of nitrogens with one attached hydrogen (secondary N) is 1. The van der Waals surface area contributed by atoms with Crippen molar-refractivity contribution >= 4 is 29.3 Å². The van der Waals surface area contributed by atoms with Crippen molar-refractivity contribution in [3.63, 3.8) is 0 Å². The summed E-state index contributed by atoms with van der Waals surface area (Å²) in [7, 11) is 0. The van der Waals surface area contributed by atoms with Crippen LogP contribution in [0.5, 0.6) is 0 Å². The molecule has 1 atom stereocenters. The highest BCUT2D eigenvalue weighted by Gasteiger charge is 2.21. The van der Waals surface area contributed by atoms with Crippen LogP contribution in [0.4, 0.5) is 0 Å². The fourth-order valence-electron chi connectivity index (χ4n) is 2.10. The van der Waals surface area contributed by atoms with Gasteiger partial charge in [0.2, 0.25) is 0 Å². The van der Waals surface area contributed by atoms with E-state index in [2.05, 4.69) is 5.32 Å². The van der Waals surface area contributed by atoms with Gasteiger partial charge in [0, 0.05) is 24.8 Å². The summed E-state index contributed by atoms with van der Waals surface area (Å²) >= 11 is 1.55. The standard InChI is InChI=1S/C17H17NO3S/c19-9-4-7-16(20)15(11-13-8-10-22-12-13)18-17(21)14-5-2-1-3-6-14/h1-3,5-6,8-10,12,15H,4,7,11H2,(H,18,21)/t15-/m1/s1. The molecule has 0 aliphatic heterocycles. The van der Waals surface area contributed by atoms with Gasteiger partial charge in [-0.1, -0.05) is 18.2 Å². The number of aldehydes is 1. The van der Waals surface area contributed by atoms with Crippen molar-refractivity contribution in [2.24, 2.45) is 0 Å². The second kappa shape index (κ2) is 8.24. The molecule has 0 unspecified atom stereocenters. The Bertz CT molecular complexity index is 623. The molecule has 0 bridgehead atoms. The van der Waals surface area contributed by atoms with E-state index in [4.69, 9.17) is 0 Å². The molecule has 0 saturated carbocycles. The highest BCUT2D eigenvalue weighted by molar-refractivity contribution is 7.07. The minimum atomic E-state index is -0.609. The first-order valence-corrected chi connectivity index (χ1v) is 7.98. The molecule has 0 spiro atoms. The largest absolute Gasteiger partial charge is 0.342 e. The van der Waals surface area contributed by atoms with E-state index in [-0.39, 0.29) is 24.5 Å². The Hall–Kier alpha value is -2.27. The first kappa shape index (κ1) is 16.1. The van der Waals surface area contributed by atoms with Gasteiger partial charge in [0.25, 0.3) is 5.91 Å². The van der Waals surface area contributed by atoms with Crippen molar-refractivity contribution in [2.75, 3.05) is 0 Å². The molecule has 1 aromatic heterocycles. The van der Waals surface area contributed by atoms with Gasteiger partial charge in [-0.15, -0.1) is 0 Å². The van der Waals surface area contributed by atoms with Crippen molar-refractivity contribution in [3.8, 4) is 0 Å². The summed E-state index contributed by atoms with van der Waals surface area (Å²) in [4.78, 5) is 34.9. The van der Waals surface area contributed by atoms with Crippen molar-refractivity contribution < 1.29 is 14.4 Å². The lowest BCUT2D eigenvalue weighted by Crippen LogP contribution is -2.42. The number of hydrogen-bond acceptors (Lipinski definition) is 4. The Morgan fingerprint density at radius 3 is 2.59 bits per heavy atom. The number of amides is 1. The monoisotopic (exact) mass is 315 g/mol. The summed E-state index contributed by atoms with van der Waals surface area (Å²) in [5.74, 6) is -0.400. The fraction of sp³-hybridized carbons (Fsp3) is 0.235. The smallest absolute Gasteiger partial charge is 0.251 e. The zero-order chi connectivity index (χ0) is 15.8. The Morgan fingerprint density at radius 1 is 1.18 bits per heavy atom. The van der Waals surface area contributed by atoms with E-state index in [1.807, 2.05) is 22.9 Å². The maximum absolute atomic E-state index is 12.2. The summed E-state index contributed by atoms with van der Waals surface area (Å²) in [5.41, 5.74) is 1.52. The minimum absolute atomic E-state index is 0.123. The number of hydrogen-bond donors (Lipinski definition) is 1. The number of carbonyl (C=O) groups is 3. The zero-order valence-corrected chi connectivity index (χ0v) is 12.8. The highest BCUT2D eigenvalue weighted by Crippen LogP contribution is 2.11. The van der Waals surface area contributed by atoms with Crippen molar-refractivity contribution in [1.82, 2.24) is 5.32 Å². The number of rotatable bonds is 8. The molecule has 0 aliphatic rings. The molecule has 0 saturated heterocycles. The maximum atomic E-state index is 12.2. The van der Waals surface area contributed by atoms with Gasteiger partial charge in [0.05, 0.1) is 6.04 Å². The van der Waals surface area contributed by atoms with Crippen LogP contribution in [0.15, 0.2) is 47.2 Å². The minimum Gasteiger partial charge on any atom is -0.342 e. The molecule has 1 heterocycles. The summed E-state index contributed by atoms with van der Waals surface area (Å²) in [5, 5.41) is 6.67. The number of ketones is 1. The topological polar surface area (TPSA) is 63.2 Å². The molecule has 1 amide bonds. The Morgan fingerprint density at radius 2 is 1.95 bits per heavy atom. The van der Waals surface area contributed by atoms with E-state index < -0.39 is 6.04 Å². The average molecular weight is 315 g/mol. The van der Waals surface area contributed by atoms with E-state index in [0.29, 0.717) is 12.0 Å². The third-order valence-electron chi connectivity index (χ3n) is 3.26. The molecule has 5 heteroatoms. The zero-order valence-electron chi connectivity index (χ0n) is 12.0. The normalized spacial score (nSPS) is 11.6. The van der Waals surface area contributed by atoms with Crippen molar-refractivity contribution in [3.05, 3.63) is 58.3 Å². The SMILES string of the molecule is O=CCCC(=O)[C@@H](Cc1ccsc1)NC(=O)c1ccccc1. The lowest BCUT2D eigenvalue weighted by atomic mass is 10.0. The second-order valence-electron chi connectivity index (χ2n) is 4.90. The van der Waals surface area contributed by atoms with Crippen LogP contribution >= 0.6 is 11.3 Å². The van der Waals surface area contributed by atoms with Gasteiger partial charge >= 0.3 is 0 Å². The van der Waals surface area contributed by atoms with E-state index in [0.717, 1.165) is 11.8 Å². The van der Waals surface area contributed by atoms with Crippen LogP contribution < -0.4 is 5.32 Å². The molecule has 0 aliphatic carbocycles. The predicted molar refractivity (Wildman–Crippen MR) is 86.0 cm³/mol. The average Bonchev–Trinajstić information content (AvgIpc) is 3.05. The van der Waals surface area contributed by atoms with Gasteiger partial charge in [-0.25, -0.2) is 0 Å². The van der Waals surface area contributed by atoms with Gasteiger partial charge in [0.15, 0.2) is 5.78 Å². The van der Waals surface area contributed by atoms with Crippen LogP contribution in [-0.2, 0) is 16.0 Å². The molecule has 2 aromatic rings.